The minimum Gasteiger partial charge on any atom is -0.382 e. The Bertz CT molecular complexity index is 1450. The van der Waals surface area contributed by atoms with Gasteiger partial charge in [0.15, 0.2) is 5.82 Å². The first-order valence-corrected chi connectivity index (χ1v) is 9.80. The Morgan fingerprint density at radius 1 is 1.06 bits per heavy atom. The van der Waals surface area contributed by atoms with Crippen molar-refractivity contribution in [2.75, 3.05) is 16.8 Å². The molecule has 2 aromatic heterocycles. The number of anilines is 3. The fraction of sp³-hybridized carbons (Fsp3) is 0.136. The van der Waals surface area contributed by atoms with Crippen molar-refractivity contribution in [1.29, 1.82) is 5.26 Å². The lowest BCUT2D eigenvalue weighted by Crippen LogP contribution is -2.28. The van der Waals surface area contributed by atoms with Crippen LogP contribution in [-0.4, -0.2) is 19.5 Å². The number of rotatable bonds is 5. The summed E-state index contributed by atoms with van der Waals surface area (Å²) in [4.78, 5) is 25.8. The summed E-state index contributed by atoms with van der Waals surface area (Å²) in [7, 11) is 0. The van der Waals surface area contributed by atoms with E-state index in [2.05, 4.69) is 20.3 Å². The number of alkyl halides is 2. The third-order valence-electron chi connectivity index (χ3n) is 5.01. The highest BCUT2D eigenvalue weighted by Crippen LogP contribution is 2.28. The van der Waals surface area contributed by atoms with Crippen LogP contribution in [0.25, 0.3) is 16.6 Å². The van der Waals surface area contributed by atoms with Gasteiger partial charge in [0.05, 0.1) is 22.6 Å². The molecule has 0 saturated carbocycles. The summed E-state index contributed by atoms with van der Waals surface area (Å²) in [6.45, 7) is 1.68. The van der Waals surface area contributed by atoms with Crippen LogP contribution >= 0.6 is 0 Å². The molecule has 166 valence electrons. The lowest BCUT2D eigenvalue weighted by Gasteiger charge is -2.21. The minimum atomic E-state index is -2.85. The summed E-state index contributed by atoms with van der Waals surface area (Å²) in [5.41, 5.74) is 10.9. The van der Waals surface area contributed by atoms with E-state index in [9.17, 15) is 18.8 Å². The van der Waals surface area contributed by atoms with Crippen molar-refractivity contribution in [2.45, 2.75) is 19.4 Å². The van der Waals surface area contributed by atoms with Crippen LogP contribution in [0.3, 0.4) is 0 Å². The quantitative estimate of drug-likeness (QED) is 0.421. The molecule has 0 aliphatic heterocycles. The van der Waals surface area contributed by atoms with Gasteiger partial charge in [-0.15, -0.1) is 0 Å². The molecule has 1 atom stereocenters. The van der Waals surface area contributed by atoms with Crippen molar-refractivity contribution in [3.8, 4) is 11.8 Å². The zero-order valence-corrected chi connectivity index (χ0v) is 17.3. The number of nitrogen functional groups attached to an aromatic ring is 2. The van der Waals surface area contributed by atoms with Gasteiger partial charge in [0, 0.05) is 5.56 Å². The van der Waals surface area contributed by atoms with E-state index >= 15 is 0 Å². The Balaban J connectivity index is 1.96. The van der Waals surface area contributed by atoms with Crippen LogP contribution < -0.4 is 22.3 Å². The summed E-state index contributed by atoms with van der Waals surface area (Å²) in [6, 6.07) is 13.9. The molecule has 33 heavy (non-hydrogen) atoms. The molecule has 2 aromatic carbocycles. The molecule has 11 heteroatoms. The van der Waals surface area contributed by atoms with E-state index in [0.717, 1.165) is 0 Å². The van der Waals surface area contributed by atoms with E-state index in [4.69, 9.17) is 11.5 Å². The van der Waals surface area contributed by atoms with Crippen LogP contribution in [0.4, 0.5) is 26.4 Å². The van der Waals surface area contributed by atoms with Crippen LogP contribution in [0.1, 0.15) is 36.3 Å². The number of nitrogens with one attached hydrogen (secondary N) is 1. The predicted molar refractivity (Wildman–Crippen MR) is 120 cm³/mol. The Morgan fingerprint density at radius 2 is 1.79 bits per heavy atom. The second-order valence-electron chi connectivity index (χ2n) is 7.16. The first-order chi connectivity index (χ1) is 15.8. The fourth-order valence-electron chi connectivity index (χ4n) is 3.55. The Kier molecular flexibility index (Phi) is 5.58. The molecule has 2 heterocycles. The number of hydrogen-bond acceptors (Lipinski definition) is 8. The number of halogens is 2. The Morgan fingerprint density at radius 3 is 2.45 bits per heavy atom. The molecule has 0 spiro atoms. The molecule has 0 aliphatic carbocycles. The molecule has 0 bridgehead atoms. The number of para-hydroxylation sites is 1. The smallest absolute Gasteiger partial charge is 0.266 e. The van der Waals surface area contributed by atoms with E-state index in [1.165, 1.54) is 22.8 Å². The van der Waals surface area contributed by atoms with Gasteiger partial charge >= 0.3 is 0 Å². The summed E-state index contributed by atoms with van der Waals surface area (Å²) < 4.78 is 28.6. The first-order valence-electron chi connectivity index (χ1n) is 9.80. The van der Waals surface area contributed by atoms with Gasteiger partial charge in [-0.25, -0.2) is 13.8 Å². The molecular weight excluding hydrogens is 430 g/mol. The van der Waals surface area contributed by atoms with Crippen molar-refractivity contribution in [1.82, 2.24) is 19.5 Å². The summed E-state index contributed by atoms with van der Waals surface area (Å²) in [6.07, 6.45) is -2.85. The predicted octanol–water partition coefficient (Wildman–Crippen LogP) is 3.32. The number of nitrogens with two attached hydrogens (primary N) is 2. The van der Waals surface area contributed by atoms with Crippen LogP contribution in [-0.2, 0) is 0 Å². The molecule has 4 aromatic rings. The largest absolute Gasteiger partial charge is 0.382 e. The molecule has 4 rings (SSSR count). The molecule has 0 radical (unpaired) electrons. The normalized spacial score (nSPS) is 12.0. The fourth-order valence-corrected chi connectivity index (χ4v) is 3.55. The zero-order valence-electron chi connectivity index (χ0n) is 17.3. The number of fused-ring (bicyclic) bond motifs is 1. The maximum Gasteiger partial charge on any atom is 0.266 e. The van der Waals surface area contributed by atoms with E-state index in [0.29, 0.717) is 5.69 Å². The number of hydrogen-bond donors (Lipinski definition) is 3. The van der Waals surface area contributed by atoms with Gasteiger partial charge in [-0.1, -0.05) is 30.3 Å². The molecule has 0 aliphatic rings. The number of benzene rings is 2. The minimum absolute atomic E-state index is 0.0227. The summed E-state index contributed by atoms with van der Waals surface area (Å²) in [5.74, 6) is 0.0259. The highest BCUT2D eigenvalue weighted by Gasteiger charge is 2.23. The van der Waals surface area contributed by atoms with Crippen LogP contribution in [0, 0.1) is 11.3 Å². The zero-order chi connectivity index (χ0) is 23.7. The van der Waals surface area contributed by atoms with Crippen LogP contribution in [0.15, 0.2) is 53.3 Å². The van der Waals surface area contributed by atoms with Gasteiger partial charge in [0.25, 0.3) is 12.0 Å². The average molecular weight is 448 g/mol. The second kappa shape index (κ2) is 8.51. The molecule has 0 fully saturated rings. The highest BCUT2D eigenvalue weighted by atomic mass is 19.3. The van der Waals surface area contributed by atoms with Gasteiger partial charge in [0.1, 0.15) is 23.3 Å². The molecule has 1 unspecified atom stereocenters. The average Bonchev–Trinajstić information content (AvgIpc) is 2.78. The molecular formula is C22H18F2N8O. The van der Waals surface area contributed by atoms with E-state index in [-0.39, 0.29) is 39.9 Å². The van der Waals surface area contributed by atoms with E-state index < -0.39 is 23.6 Å². The Labute approximate surface area is 186 Å². The highest BCUT2D eigenvalue weighted by molar-refractivity contribution is 5.82. The summed E-state index contributed by atoms with van der Waals surface area (Å²) in [5, 5.41) is 12.3. The summed E-state index contributed by atoms with van der Waals surface area (Å²) >= 11 is 0. The number of nitriles is 1. The van der Waals surface area contributed by atoms with Gasteiger partial charge in [0.2, 0.25) is 5.95 Å². The maximum atomic E-state index is 13.7. The van der Waals surface area contributed by atoms with E-state index in [1.54, 1.807) is 37.3 Å². The van der Waals surface area contributed by atoms with Gasteiger partial charge < -0.3 is 16.8 Å². The van der Waals surface area contributed by atoms with Crippen molar-refractivity contribution in [3.63, 3.8) is 0 Å². The van der Waals surface area contributed by atoms with Crippen molar-refractivity contribution in [2.24, 2.45) is 0 Å². The van der Waals surface area contributed by atoms with Crippen LogP contribution in [0.5, 0.6) is 0 Å². The van der Waals surface area contributed by atoms with E-state index in [1.807, 2.05) is 6.07 Å². The number of nitrogens with zero attached hydrogens (tertiary/aromatic N) is 5. The third kappa shape index (κ3) is 3.89. The van der Waals surface area contributed by atoms with Crippen LogP contribution in [0.2, 0.25) is 0 Å². The topological polar surface area (TPSA) is 149 Å². The molecule has 5 N–H and O–H groups in total. The monoisotopic (exact) mass is 448 g/mol. The molecule has 9 nitrogen and oxygen atoms in total. The van der Waals surface area contributed by atoms with Crippen molar-refractivity contribution < 1.29 is 8.78 Å². The van der Waals surface area contributed by atoms with Crippen molar-refractivity contribution in [3.05, 3.63) is 75.8 Å². The SMILES string of the molecule is CC(Nc1nc(N)nc(N)c1C#N)c1nc2cccc(C(F)F)c2c(=O)n1-c1ccccc1. The number of aromatic nitrogens is 4. The standard InChI is InChI=1S/C22H18F2N8O/c1-11(28-19-14(10-25)18(26)30-22(27)31-19)20-29-15-9-5-8-13(17(23)24)16(15)21(33)32(20)12-6-3-2-4-7-12/h2-9,11,17H,1H3,(H5,26,27,28,30,31). The first kappa shape index (κ1) is 21.6. The van der Waals surface area contributed by atoms with Crippen molar-refractivity contribution >= 4 is 28.5 Å². The van der Waals surface area contributed by atoms with Gasteiger partial charge in [-0.3, -0.25) is 9.36 Å². The maximum absolute atomic E-state index is 13.7. The molecule has 0 amide bonds. The third-order valence-corrected chi connectivity index (χ3v) is 5.01. The second-order valence-corrected chi connectivity index (χ2v) is 7.16. The Hall–Kier alpha value is -4.59. The lowest BCUT2D eigenvalue weighted by atomic mass is 10.1. The van der Waals surface area contributed by atoms with Gasteiger partial charge in [-0.05, 0) is 25.1 Å². The molecule has 0 saturated heterocycles. The lowest BCUT2D eigenvalue weighted by molar-refractivity contribution is 0.153. The van der Waals surface area contributed by atoms with Gasteiger partial charge in [-0.2, -0.15) is 15.2 Å².